The molecular formula is C36H22S. The van der Waals surface area contributed by atoms with E-state index >= 15 is 0 Å². The van der Waals surface area contributed by atoms with E-state index in [2.05, 4.69) is 133 Å². The van der Waals surface area contributed by atoms with Crippen molar-refractivity contribution in [2.24, 2.45) is 0 Å². The summed E-state index contributed by atoms with van der Waals surface area (Å²) in [6.45, 7) is 0. The summed E-state index contributed by atoms with van der Waals surface area (Å²) in [7, 11) is 0. The third-order valence-corrected chi connectivity index (χ3v) is 8.85. The van der Waals surface area contributed by atoms with Crippen LogP contribution in [0.4, 0.5) is 0 Å². The summed E-state index contributed by atoms with van der Waals surface area (Å²) in [5.74, 6) is 0. The quantitative estimate of drug-likeness (QED) is 0.213. The Morgan fingerprint density at radius 1 is 0.351 bits per heavy atom. The molecule has 7 aromatic carbocycles. The van der Waals surface area contributed by atoms with Gasteiger partial charge in [0.25, 0.3) is 0 Å². The summed E-state index contributed by atoms with van der Waals surface area (Å²) in [5, 5.41) is 11.7. The molecule has 1 aromatic heterocycles. The molecule has 0 aliphatic heterocycles. The highest BCUT2D eigenvalue weighted by atomic mass is 32.1. The topological polar surface area (TPSA) is 0 Å². The van der Waals surface area contributed by atoms with Crippen molar-refractivity contribution < 1.29 is 0 Å². The summed E-state index contributed by atoms with van der Waals surface area (Å²) < 4.78 is 1.32. The van der Waals surface area contributed by atoms with E-state index in [9.17, 15) is 0 Å². The van der Waals surface area contributed by atoms with E-state index in [1.807, 2.05) is 11.3 Å². The Morgan fingerprint density at radius 3 is 1.41 bits per heavy atom. The lowest BCUT2D eigenvalue weighted by Gasteiger charge is -2.15. The SMILES string of the molecule is c1ccc2c(c1)cc(-c1sc3ccccc3c1-c1cc3ccccc3c3ccccc13)c1ccccc12. The molecule has 0 saturated carbocycles. The molecule has 0 aliphatic carbocycles. The van der Waals surface area contributed by atoms with E-state index in [1.54, 1.807) is 0 Å². The smallest absolute Gasteiger partial charge is 0.0440 e. The minimum Gasteiger partial charge on any atom is -0.135 e. The van der Waals surface area contributed by atoms with Gasteiger partial charge in [-0.05, 0) is 66.9 Å². The van der Waals surface area contributed by atoms with Crippen molar-refractivity contribution in [1.29, 1.82) is 0 Å². The lowest BCUT2D eigenvalue weighted by Crippen LogP contribution is -1.88. The van der Waals surface area contributed by atoms with E-state index in [1.165, 1.54) is 74.7 Å². The predicted octanol–water partition coefficient (Wildman–Crippen LogP) is 10.8. The number of benzene rings is 7. The van der Waals surface area contributed by atoms with Crippen LogP contribution in [-0.2, 0) is 0 Å². The Hall–Kier alpha value is -4.46. The molecular weight excluding hydrogens is 464 g/mol. The molecule has 0 saturated heterocycles. The van der Waals surface area contributed by atoms with Gasteiger partial charge in [-0.3, -0.25) is 0 Å². The third-order valence-electron chi connectivity index (χ3n) is 7.65. The van der Waals surface area contributed by atoms with Crippen molar-refractivity contribution in [2.45, 2.75) is 0 Å². The maximum absolute atomic E-state index is 2.40. The maximum Gasteiger partial charge on any atom is 0.0440 e. The zero-order valence-corrected chi connectivity index (χ0v) is 20.9. The van der Waals surface area contributed by atoms with Crippen molar-refractivity contribution >= 4 is 64.5 Å². The standard InChI is InChI=1S/C36H22S/c1-3-13-25-23(11-1)21-32(29-17-7-5-15-27(25)29)35-31-19-9-10-20-34(31)37-36(35)33-22-24-12-2-4-14-26(24)28-16-6-8-18-30(28)33/h1-22H. The molecule has 37 heavy (non-hydrogen) atoms. The van der Waals surface area contributed by atoms with Gasteiger partial charge in [-0.25, -0.2) is 0 Å². The van der Waals surface area contributed by atoms with Crippen LogP contribution in [0.5, 0.6) is 0 Å². The second kappa shape index (κ2) is 8.03. The van der Waals surface area contributed by atoms with Gasteiger partial charge in [0.2, 0.25) is 0 Å². The van der Waals surface area contributed by atoms with E-state index in [-0.39, 0.29) is 0 Å². The van der Waals surface area contributed by atoms with Gasteiger partial charge in [-0.1, -0.05) is 115 Å². The van der Waals surface area contributed by atoms with Gasteiger partial charge in [-0.2, -0.15) is 0 Å². The van der Waals surface area contributed by atoms with E-state index in [0.29, 0.717) is 0 Å². The number of hydrogen-bond acceptors (Lipinski definition) is 1. The van der Waals surface area contributed by atoms with Crippen molar-refractivity contribution in [3.8, 4) is 21.6 Å². The number of thiophene rings is 1. The molecule has 0 atom stereocenters. The van der Waals surface area contributed by atoms with Gasteiger partial charge in [0.15, 0.2) is 0 Å². The highest BCUT2D eigenvalue weighted by Gasteiger charge is 2.20. The normalized spacial score (nSPS) is 11.8. The Labute approximate surface area is 219 Å². The molecule has 1 heteroatoms. The van der Waals surface area contributed by atoms with Crippen molar-refractivity contribution in [1.82, 2.24) is 0 Å². The van der Waals surface area contributed by atoms with Crippen LogP contribution < -0.4 is 0 Å². The van der Waals surface area contributed by atoms with E-state index in [4.69, 9.17) is 0 Å². The fraction of sp³-hybridized carbons (Fsp3) is 0. The minimum absolute atomic E-state index is 1.28. The second-order valence-electron chi connectivity index (χ2n) is 9.68. The molecule has 0 radical (unpaired) electrons. The Bertz CT molecular complexity index is 2140. The molecule has 0 N–H and O–H groups in total. The fourth-order valence-corrected chi connectivity index (χ4v) is 7.25. The number of hydrogen-bond donors (Lipinski definition) is 0. The molecule has 172 valence electrons. The molecule has 0 bridgehead atoms. The lowest BCUT2D eigenvalue weighted by atomic mass is 9.89. The highest BCUT2D eigenvalue weighted by Crippen LogP contribution is 2.50. The summed E-state index contributed by atoms with van der Waals surface area (Å²) in [4.78, 5) is 1.34. The zero-order chi connectivity index (χ0) is 24.3. The fourth-order valence-electron chi connectivity index (χ4n) is 6.01. The van der Waals surface area contributed by atoms with Crippen LogP contribution in [0.25, 0.3) is 74.7 Å². The van der Waals surface area contributed by atoms with E-state index in [0.717, 1.165) is 0 Å². The first-order valence-corrected chi connectivity index (χ1v) is 13.5. The lowest BCUT2D eigenvalue weighted by molar-refractivity contribution is 1.73. The predicted molar refractivity (Wildman–Crippen MR) is 163 cm³/mol. The summed E-state index contributed by atoms with van der Waals surface area (Å²) in [6.07, 6.45) is 0. The minimum atomic E-state index is 1.28. The van der Waals surface area contributed by atoms with Crippen molar-refractivity contribution in [3.05, 3.63) is 133 Å². The van der Waals surface area contributed by atoms with Crippen molar-refractivity contribution in [2.75, 3.05) is 0 Å². The first-order valence-electron chi connectivity index (χ1n) is 12.7. The molecule has 8 aromatic rings. The highest BCUT2D eigenvalue weighted by molar-refractivity contribution is 7.23. The molecule has 0 unspecified atom stereocenters. The van der Waals surface area contributed by atoms with Crippen LogP contribution in [0.15, 0.2) is 133 Å². The molecule has 0 amide bonds. The van der Waals surface area contributed by atoms with Crippen LogP contribution in [0.3, 0.4) is 0 Å². The average Bonchev–Trinajstić information content (AvgIpc) is 3.35. The number of fused-ring (bicyclic) bond motifs is 7. The molecule has 8 rings (SSSR count). The van der Waals surface area contributed by atoms with Crippen LogP contribution in [0.1, 0.15) is 0 Å². The van der Waals surface area contributed by atoms with Gasteiger partial charge in [-0.15, -0.1) is 11.3 Å². The molecule has 0 nitrogen and oxygen atoms in total. The number of rotatable bonds is 2. The molecule has 0 fully saturated rings. The third kappa shape index (κ3) is 3.08. The average molecular weight is 487 g/mol. The van der Waals surface area contributed by atoms with Crippen molar-refractivity contribution in [3.63, 3.8) is 0 Å². The van der Waals surface area contributed by atoms with E-state index < -0.39 is 0 Å². The Balaban J connectivity index is 1.57. The van der Waals surface area contributed by atoms with Crippen LogP contribution in [0, 0.1) is 0 Å². The molecule has 0 aliphatic rings. The first kappa shape index (κ1) is 20.7. The second-order valence-corrected chi connectivity index (χ2v) is 10.7. The Kier molecular flexibility index (Phi) is 4.49. The zero-order valence-electron chi connectivity index (χ0n) is 20.1. The first-order chi connectivity index (χ1) is 18.4. The van der Waals surface area contributed by atoms with Gasteiger partial charge >= 0.3 is 0 Å². The van der Waals surface area contributed by atoms with Gasteiger partial charge in [0.1, 0.15) is 0 Å². The van der Waals surface area contributed by atoms with Crippen LogP contribution in [0.2, 0.25) is 0 Å². The van der Waals surface area contributed by atoms with Crippen LogP contribution in [-0.4, -0.2) is 0 Å². The molecule has 0 spiro atoms. The molecule has 1 heterocycles. The maximum atomic E-state index is 2.40. The van der Waals surface area contributed by atoms with Gasteiger partial charge in [0, 0.05) is 26.1 Å². The van der Waals surface area contributed by atoms with Gasteiger partial charge in [0.05, 0.1) is 0 Å². The van der Waals surface area contributed by atoms with Gasteiger partial charge < -0.3 is 0 Å². The monoisotopic (exact) mass is 486 g/mol. The largest absolute Gasteiger partial charge is 0.135 e. The van der Waals surface area contributed by atoms with Crippen LogP contribution >= 0.6 is 11.3 Å². The summed E-state index contributed by atoms with van der Waals surface area (Å²) >= 11 is 1.91. The summed E-state index contributed by atoms with van der Waals surface area (Å²) in [6, 6.07) is 48.9. The summed E-state index contributed by atoms with van der Waals surface area (Å²) in [5.41, 5.74) is 3.95. The Morgan fingerprint density at radius 2 is 0.784 bits per heavy atom.